The number of benzene rings is 2. The number of nitrogens with zero attached hydrogens (tertiary/aromatic N) is 1. The van der Waals surface area contributed by atoms with Gasteiger partial charge in [-0.2, -0.15) is 5.10 Å². The summed E-state index contributed by atoms with van der Waals surface area (Å²) in [7, 11) is 1.56. The van der Waals surface area contributed by atoms with Gasteiger partial charge in [0.15, 0.2) is 0 Å². The predicted molar refractivity (Wildman–Crippen MR) is 101 cm³/mol. The van der Waals surface area contributed by atoms with Crippen LogP contribution in [0.25, 0.3) is 0 Å². The lowest BCUT2D eigenvalue weighted by molar-refractivity contribution is -0.124. The van der Waals surface area contributed by atoms with Crippen molar-refractivity contribution in [2.24, 2.45) is 5.10 Å². The van der Waals surface area contributed by atoms with Crippen molar-refractivity contribution in [3.8, 4) is 5.75 Å². The average Bonchev–Trinajstić information content (AvgIpc) is 2.61. The van der Waals surface area contributed by atoms with Crippen LogP contribution in [0.3, 0.4) is 0 Å². The Labute approximate surface area is 154 Å². The van der Waals surface area contributed by atoms with Gasteiger partial charge in [-0.1, -0.05) is 34.1 Å². The Morgan fingerprint density at radius 2 is 1.84 bits per heavy atom. The monoisotopic (exact) mass is 403 g/mol. The molecule has 0 aliphatic heterocycles. The molecule has 0 heterocycles. The van der Waals surface area contributed by atoms with Crippen molar-refractivity contribution in [2.75, 3.05) is 12.4 Å². The number of hydrazone groups is 1. The number of ether oxygens (including phenoxy) is 1. The van der Waals surface area contributed by atoms with Crippen LogP contribution in [0.2, 0.25) is 0 Å². The number of rotatable bonds is 7. The second kappa shape index (κ2) is 9.58. The zero-order chi connectivity index (χ0) is 18.1. The molecule has 2 rings (SSSR count). The fourth-order valence-electron chi connectivity index (χ4n) is 2.01. The SMILES string of the molecule is COc1ccc(Br)cc1/C=N/NC(=O)CCC(=O)Nc1ccccc1. The van der Waals surface area contributed by atoms with Gasteiger partial charge >= 0.3 is 0 Å². The minimum Gasteiger partial charge on any atom is -0.496 e. The van der Waals surface area contributed by atoms with Crippen LogP contribution in [-0.4, -0.2) is 25.1 Å². The normalized spacial score (nSPS) is 10.5. The topological polar surface area (TPSA) is 79.8 Å². The van der Waals surface area contributed by atoms with Crippen molar-refractivity contribution in [2.45, 2.75) is 12.8 Å². The number of hydrogen-bond donors (Lipinski definition) is 2. The van der Waals surface area contributed by atoms with E-state index in [2.05, 4.69) is 31.8 Å². The Kier molecular flexibility index (Phi) is 7.16. The van der Waals surface area contributed by atoms with Gasteiger partial charge in [-0.15, -0.1) is 0 Å². The van der Waals surface area contributed by atoms with E-state index < -0.39 is 0 Å². The molecule has 2 aromatic rings. The highest BCUT2D eigenvalue weighted by Gasteiger charge is 2.07. The lowest BCUT2D eigenvalue weighted by Gasteiger charge is -2.05. The van der Waals surface area contributed by atoms with E-state index in [4.69, 9.17) is 4.74 Å². The molecule has 0 bridgehead atoms. The molecule has 0 saturated heterocycles. The van der Waals surface area contributed by atoms with Gasteiger partial charge in [-0.05, 0) is 30.3 Å². The van der Waals surface area contributed by atoms with Gasteiger partial charge < -0.3 is 10.1 Å². The maximum Gasteiger partial charge on any atom is 0.240 e. The number of nitrogens with one attached hydrogen (secondary N) is 2. The molecule has 7 heteroatoms. The highest BCUT2D eigenvalue weighted by Crippen LogP contribution is 2.21. The Hall–Kier alpha value is -2.67. The number of hydrogen-bond acceptors (Lipinski definition) is 4. The molecule has 2 amide bonds. The second-order valence-electron chi connectivity index (χ2n) is 5.09. The van der Waals surface area contributed by atoms with Crippen LogP contribution in [0.15, 0.2) is 58.1 Å². The van der Waals surface area contributed by atoms with E-state index in [9.17, 15) is 9.59 Å². The number of carbonyl (C=O) groups excluding carboxylic acids is 2. The molecule has 0 fully saturated rings. The molecule has 0 unspecified atom stereocenters. The summed E-state index contributed by atoms with van der Waals surface area (Å²) in [6.07, 6.45) is 1.62. The minimum atomic E-state index is -0.339. The van der Waals surface area contributed by atoms with Gasteiger partial charge in [0.1, 0.15) is 5.75 Å². The highest BCUT2D eigenvalue weighted by molar-refractivity contribution is 9.10. The number of methoxy groups -OCH3 is 1. The lowest BCUT2D eigenvalue weighted by Crippen LogP contribution is -2.20. The summed E-state index contributed by atoms with van der Waals surface area (Å²) in [5.74, 6) is 0.0795. The van der Waals surface area contributed by atoms with E-state index in [0.29, 0.717) is 11.4 Å². The Morgan fingerprint density at radius 1 is 1.12 bits per heavy atom. The van der Waals surface area contributed by atoms with Crippen molar-refractivity contribution in [1.82, 2.24) is 5.43 Å². The predicted octanol–water partition coefficient (Wildman–Crippen LogP) is 3.33. The molecule has 0 aliphatic rings. The molecule has 0 atom stereocenters. The molecular formula is C18H18BrN3O3. The van der Waals surface area contributed by atoms with Crippen LogP contribution in [0.5, 0.6) is 5.75 Å². The molecule has 130 valence electrons. The molecule has 0 spiro atoms. The van der Waals surface area contributed by atoms with Gasteiger partial charge in [0, 0.05) is 28.6 Å². The largest absolute Gasteiger partial charge is 0.496 e. The fraction of sp³-hybridized carbons (Fsp3) is 0.167. The Balaban J connectivity index is 1.79. The van der Waals surface area contributed by atoms with Crippen LogP contribution in [0.1, 0.15) is 18.4 Å². The van der Waals surface area contributed by atoms with Crippen LogP contribution < -0.4 is 15.5 Å². The van der Waals surface area contributed by atoms with Crippen molar-refractivity contribution < 1.29 is 14.3 Å². The number of carbonyl (C=O) groups is 2. The van der Waals surface area contributed by atoms with E-state index in [-0.39, 0.29) is 24.7 Å². The first-order valence-electron chi connectivity index (χ1n) is 7.59. The first-order chi connectivity index (χ1) is 12.1. The minimum absolute atomic E-state index is 0.0472. The number of anilines is 1. The summed E-state index contributed by atoms with van der Waals surface area (Å²) >= 11 is 3.37. The second-order valence-corrected chi connectivity index (χ2v) is 6.01. The van der Waals surface area contributed by atoms with Gasteiger partial charge in [0.05, 0.1) is 13.3 Å². The molecule has 6 nitrogen and oxygen atoms in total. The molecule has 25 heavy (non-hydrogen) atoms. The van der Waals surface area contributed by atoms with E-state index in [1.165, 1.54) is 6.21 Å². The summed E-state index contributed by atoms with van der Waals surface area (Å²) in [5, 5.41) is 6.62. The zero-order valence-electron chi connectivity index (χ0n) is 13.7. The molecule has 0 aromatic heterocycles. The fourth-order valence-corrected chi connectivity index (χ4v) is 2.39. The molecular weight excluding hydrogens is 386 g/mol. The van der Waals surface area contributed by atoms with Crippen molar-refractivity contribution >= 4 is 39.6 Å². The zero-order valence-corrected chi connectivity index (χ0v) is 15.2. The Morgan fingerprint density at radius 3 is 2.56 bits per heavy atom. The standard InChI is InChI=1S/C18H18BrN3O3/c1-25-16-8-7-14(19)11-13(16)12-20-22-18(24)10-9-17(23)21-15-5-3-2-4-6-15/h2-8,11-12H,9-10H2,1H3,(H,21,23)(H,22,24)/b20-12+. The van der Waals surface area contributed by atoms with Gasteiger partial charge in [-0.3, -0.25) is 9.59 Å². The molecule has 2 aromatic carbocycles. The van der Waals surface area contributed by atoms with Crippen LogP contribution >= 0.6 is 15.9 Å². The van der Waals surface area contributed by atoms with E-state index in [1.807, 2.05) is 30.3 Å². The summed E-state index contributed by atoms with van der Waals surface area (Å²) in [6.45, 7) is 0. The Bertz CT molecular complexity index is 763. The maximum atomic E-state index is 11.8. The van der Waals surface area contributed by atoms with E-state index in [0.717, 1.165) is 10.0 Å². The number of amides is 2. The van der Waals surface area contributed by atoms with Crippen molar-refractivity contribution in [1.29, 1.82) is 0 Å². The van der Waals surface area contributed by atoms with Crippen molar-refractivity contribution in [3.05, 3.63) is 58.6 Å². The first-order valence-corrected chi connectivity index (χ1v) is 8.38. The third-order valence-corrected chi connectivity index (χ3v) is 3.71. The van der Waals surface area contributed by atoms with E-state index >= 15 is 0 Å². The third kappa shape index (κ3) is 6.39. The first kappa shape index (κ1) is 18.7. The summed E-state index contributed by atoms with van der Waals surface area (Å²) in [6, 6.07) is 14.5. The summed E-state index contributed by atoms with van der Waals surface area (Å²) in [5.41, 5.74) is 3.82. The van der Waals surface area contributed by atoms with E-state index in [1.54, 1.807) is 25.3 Å². The van der Waals surface area contributed by atoms with Crippen LogP contribution in [0.4, 0.5) is 5.69 Å². The lowest BCUT2D eigenvalue weighted by atomic mass is 10.2. The molecule has 0 radical (unpaired) electrons. The number of para-hydroxylation sites is 1. The maximum absolute atomic E-state index is 11.8. The molecule has 2 N–H and O–H groups in total. The highest BCUT2D eigenvalue weighted by atomic mass is 79.9. The summed E-state index contributed by atoms with van der Waals surface area (Å²) in [4.78, 5) is 23.5. The van der Waals surface area contributed by atoms with Crippen molar-refractivity contribution in [3.63, 3.8) is 0 Å². The molecule has 0 saturated carbocycles. The average molecular weight is 404 g/mol. The number of halogens is 1. The summed E-state index contributed by atoms with van der Waals surface area (Å²) < 4.78 is 6.09. The smallest absolute Gasteiger partial charge is 0.240 e. The van der Waals surface area contributed by atoms with Crippen LogP contribution in [-0.2, 0) is 9.59 Å². The van der Waals surface area contributed by atoms with Gasteiger partial charge in [0.25, 0.3) is 0 Å². The molecule has 0 aliphatic carbocycles. The van der Waals surface area contributed by atoms with Gasteiger partial charge in [0.2, 0.25) is 11.8 Å². The third-order valence-electron chi connectivity index (χ3n) is 3.22. The van der Waals surface area contributed by atoms with Crippen LogP contribution in [0, 0.1) is 0 Å². The van der Waals surface area contributed by atoms with Gasteiger partial charge in [-0.25, -0.2) is 5.43 Å². The quantitative estimate of drug-likeness (QED) is 0.549.